The molecular formula is C13H16BrN3O. The van der Waals surface area contributed by atoms with Gasteiger partial charge in [0.05, 0.1) is 0 Å². The topological polar surface area (TPSA) is 64.9 Å². The smallest absolute Gasteiger partial charge is 0.258 e. The van der Waals surface area contributed by atoms with Gasteiger partial charge in [-0.15, -0.1) is 0 Å². The predicted molar refractivity (Wildman–Crippen MR) is 75.0 cm³/mol. The standard InChI is InChI=1S/C13H16BrN3O/c1-8(2)3-4-12-16-13(18-17-12)9-5-10(14)7-11(15)6-9/h5-8H,3-4,15H2,1-2H3. The average Bonchev–Trinajstić information content (AvgIpc) is 2.73. The average molecular weight is 310 g/mol. The molecule has 2 rings (SSSR count). The highest BCUT2D eigenvalue weighted by Crippen LogP contribution is 2.25. The van der Waals surface area contributed by atoms with E-state index in [2.05, 4.69) is 39.9 Å². The third-order valence-corrected chi connectivity index (χ3v) is 3.04. The second-order valence-electron chi connectivity index (χ2n) is 4.72. The van der Waals surface area contributed by atoms with Crippen LogP contribution in [0.4, 0.5) is 5.69 Å². The van der Waals surface area contributed by atoms with Gasteiger partial charge in [-0.3, -0.25) is 0 Å². The quantitative estimate of drug-likeness (QED) is 0.875. The summed E-state index contributed by atoms with van der Waals surface area (Å²) >= 11 is 3.40. The molecule has 0 fully saturated rings. The summed E-state index contributed by atoms with van der Waals surface area (Å²) in [5.41, 5.74) is 7.29. The summed E-state index contributed by atoms with van der Waals surface area (Å²) in [7, 11) is 0. The monoisotopic (exact) mass is 309 g/mol. The Bertz CT molecular complexity index is 517. The fourth-order valence-corrected chi connectivity index (χ4v) is 2.14. The van der Waals surface area contributed by atoms with Crippen LogP contribution in [0.1, 0.15) is 26.1 Å². The fourth-order valence-electron chi connectivity index (χ4n) is 1.63. The molecule has 18 heavy (non-hydrogen) atoms. The first kappa shape index (κ1) is 13.1. The number of hydrogen-bond donors (Lipinski definition) is 1. The summed E-state index contributed by atoms with van der Waals surface area (Å²) in [6.45, 7) is 4.35. The van der Waals surface area contributed by atoms with Gasteiger partial charge in [-0.05, 0) is 30.5 Å². The van der Waals surface area contributed by atoms with Crippen LogP contribution in [-0.2, 0) is 6.42 Å². The third-order valence-electron chi connectivity index (χ3n) is 2.58. The maximum absolute atomic E-state index is 5.78. The van der Waals surface area contributed by atoms with Crippen LogP contribution in [0.5, 0.6) is 0 Å². The lowest BCUT2D eigenvalue weighted by molar-refractivity contribution is 0.419. The number of rotatable bonds is 4. The highest BCUT2D eigenvalue weighted by Gasteiger charge is 2.10. The van der Waals surface area contributed by atoms with Crippen LogP contribution >= 0.6 is 15.9 Å². The van der Waals surface area contributed by atoms with Crippen LogP contribution < -0.4 is 5.73 Å². The Balaban J connectivity index is 2.18. The van der Waals surface area contributed by atoms with Crippen molar-refractivity contribution in [1.29, 1.82) is 0 Å². The van der Waals surface area contributed by atoms with Crippen molar-refractivity contribution in [3.05, 3.63) is 28.5 Å². The van der Waals surface area contributed by atoms with Crippen LogP contribution in [0.25, 0.3) is 11.5 Å². The van der Waals surface area contributed by atoms with Crippen molar-refractivity contribution in [2.45, 2.75) is 26.7 Å². The Labute approximate surface area is 115 Å². The zero-order chi connectivity index (χ0) is 13.1. The Morgan fingerprint density at radius 1 is 1.33 bits per heavy atom. The number of aryl methyl sites for hydroxylation is 1. The first-order valence-electron chi connectivity index (χ1n) is 5.93. The molecule has 0 unspecified atom stereocenters. The van der Waals surface area contributed by atoms with E-state index < -0.39 is 0 Å². The van der Waals surface area contributed by atoms with Crippen molar-refractivity contribution in [2.75, 3.05) is 5.73 Å². The minimum atomic E-state index is 0.516. The summed E-state index contributed by atoms with van der Waals surface area (Å²) < 4.78 is 6.16. The van der Waals surface area contributed by atoms with E-state index >= 15 is 0 Å². The SMILES string of the molecule is CC(C)CCc1noc(-c2cc(N)cc(Br)c2)n1. The van der Waals surface area contributed by atoms with Gasteiger partial charge in [0.2, 0.25) is 0 Å². The van der Waals surface area contributed by atoms with Gasteiger partial charge in [-0.1, -0.05) is 34.9 Å². The molecule has 1 heterocycles. The third kappa shape index (κ3) is 3.32. The second kappa shape index (κ2) is 5.52. The zero-order valence-electron chi connectivity index (χ0n) is 10.5. The summed E-state index contributed by atoms with van der Waals surface area (Å²) in [5.74, 6) is 1.90. The largest absolute Gasteiger partial charge is 0.399 e. The molecule has 0 atom stereocenters. The van der Waals surface area contributed by atoms with Gasteiger partial charge in [-0.25, -0.2) is 0 Å². The van der Waals surface area contributed by atoms with Gasteiger partial charge in [0.25, 0.3) is 5.89 Å². The highest BCUT2D eigenvalue weighted by atomic mass is 79.9. The van der Waals surface area contributed by atoms with E-state index in [1.807, 2.05) is 18.2 Å². The summed E-state index contributed by atoms with van der Waals surface area (Å²) in [6, 6.07) is 5.57. The molecule has 0 aliphatic heterocycles. The molecule has 0 saturated heterocycles. The number of anilines is 1. The second-order valence-corrected chi connectivity index (χ2v) is 5.64. The molecule has 0 aliphatic carbocycles. The number of benzene rings is 1. The van der Waals surface area contributed by atoms with Crippen LogP contribution in [0, 0.1) is 5.92 Å². The van der Waals surface area contributed by atoms with Crippen molar-refractivity contribution < 1.29 is 4.52 Å². The van der Waals surface area contributed by atoms with Crippen molar-refractivity contribution >= 4 is 21.6 Å². The van der Waals surface area contributed by atoms with E-state index in [0.29, 0.717) is 17.5 Å². The number of nitrogens with zero attached hydrogens (tertiary/aromatic N) is 2. The normalized spacial score (nSPS) is 11.1. The minimum absolute atomic E-state index is 0.516. The molecule has 96 valence electrons. The Kier molecular flexibility index (Phi) is 4.01. The van der Waals surface area contributed by atoms with Gasteiger partial charge in [0.15, 0.2) is 5.82 Å². The van der Waals surface area contributed by atoms with Gasteiger partial charge < -0.3 is 10.3 Å². The van der Waals surface area contributed by atoms with E-state index in [1.54, 1.807) is 0 Å². The Morgan fingerprint density at radius 3 is 2.78 bits per heavy atom. The molecule has 4 nitrogen and oxygen atoms in total. The summed E-state index contributed by atoms with van der Waals surface area (Å²) in [4.78, 5) is 4.38. The molecule has 0 saturated carbocycles. The molecule has 0 radical (unpaired) electrons. The number of hydrogen-bond acceptors (Lipinski definition) is 4. The molecule has 1 aromatic heterocycles. The molecule has 2 N–H and O–H groups in total. The summed E-state index contributed by atoms with van der Waals surface area (Å²) in [5, 5.41) is 3.98. The molecule has 0 spiro atoms. The molecule has 5 heteroatoms. The predicted octanol–water partition coefficient (Wildman–Crippen LogP) is 3.67. The van der Waals surface area contributed by atoms with Crippen LogP contribution in [0.15, 0.2) is 27.2 Å². The molecule has 2 aromatic rings. The van der Waals surface area contributed by atoms with Crippen molar-refractivity contribution in [2.24, 2.45) is 5.92 Å². The Morgan fingerprint density at radius 2 is 2.11 bits per heavy atom. The lowest BCUT2D eigenvalue weighted by atomic mass is 10.1. The zero-order valence-corrected chi connectivity index (χ0v) is 12.1. The lowest BCUT2D eigenvalue weighted by Crippen LogP contribution is -1.94. The number of aromatic nitrogens is 2. The van der Waals surface area contributed by atoms with Crippen molar-refractivity contribution in [3.8, 4) is 11.5 Å². The van der Waals surface area contributed by atoms with E-state index in [9.17, 15) is 0 Å². The molecule has 0 amide bonds. The number of nitrogen functional groups attached to an aromatic ring is 1. The first-order valence-corrected chi connectivity index (χ1v) is 6.73. The maximum atomic E-state index is 5.78. The fraction of sp³-hybridized carbons (Fsp3) is 0.385. The molecule has 1 aromatic carbocycles. The van der Waals surface area contributed by atoms with Crippen LogP contribution in [0.3, 0.4) is 0 Å². The van der Waals surface area contributed by atoms with Gasteiger partial charge >= 0.3 is 0 Å². The van der Waals surface area contributed by atoms with Crippen molar-refractivity contribution in [1.82, 2.24) is 10.1 Å². The number of nitrogens with two attached hydrogens (primary N) is 1. The van der Waals surface area contributed by atoms with Gasteiger partial charge in [-0.2, -0.15) is 4.98 Å². The van der Waals surface area contributed by atoms with E-state index in [4.69, 9.17) is 10.3 Å². The minimum Gasteiger partial charge on any atom is -0.399 e. The van der Waals surface area contributed by atoms with Gasteiger partial charge in [0, 0.05) is 22.1 Å². The van der Waals surface area contributed by atoms with E-state index in [0.717, 1.165) is 28.7 Å². The van der Waals surface area contributed by atoms with E-state index in [-0.39, 0.29) is 0 Å². The molecule has 0 bridgehead atoms. The lowest BCUT2D eigenvalue weighted by Gasteiger charge is -1.99. The summed E-state index contributed by atoms with van der Waals surface area (Å²) in [6.07, 6.45) is 1.89. The molecular weight excluding hydrogens is 294 g/mol. The van der Waals surface area contributed by atoms with Crippen LogP contribution in [-0.4, -0.2) is 10.1 Å². The van der Waals surface area contributed by atoms with Gasteiger partial charge in [0.1, 0.15) is 0 Å². The first-order chi connectivity index (χ1) is 8.54. The molecule has 0 aliphatic rings. The highest BCUT2D eigenvalue weighted by molar-refractivity contribution is 9.10. The number of halogens is 1. The Hall–Kier alpha value is -1.36. The van der Waals surface area contributed by atoms with Crippen molar-refractivity contribution in [3.63, 3.8) is 0 Å². The van der Waals surface area contributed by atoms with Crippen LogP contribution in [0.2, 0.25) is 0 Å². The maximum Gasteiger partial charge on any atom is 0.258 e. The van der Waals surface area contributed by atoms with E-state index in [1.165, 1.54) is 0 Å².